The molecule has 5 heteroatoms. The lowest BCUT2D eigenvalue weighted by atomic mass is 9.94. The molecule has 1 saturated carbocycles. The maximum atomic E-state index is 11.9. The van der Waals surface area contributed by atoms with Gasteiger partial charge in [-0.2, -0.15) is 0 Å². The van der Waals surface area contributed by atoms with E-state index in [0.29, 0.717) is 11.4 Å². The topological polar surface area (TPSA) is 91.1 Å². The van der Waals surface area contributed by atoms with Crippen LogP contribution in [0.2, 0.25) is 0 Å². The van der Waals surface area contributed by atoms with Crippen molar-refractivity contribution in [1.29, 1.82) is 0 Å². The summed E-state index contributed by atoms with van der Waals surface area (Å²) in [7, 11) is 0. The third kappa shape index (κ3) is 2.12. The first-order valence-corrected chi connectivity index (χ1v) is 6.33. The molecule has 0 unspecified atom stereocenters. The highest BCUT2D eigenvalue weighted by Crippen LogP contribution is 2.30. The van der Waals surface area contributed by atoms with Crippen LogP contribution in [0.5, 0.6) is 0 Å². The fourth-order valence-corrected chi connectivity index (χ4v) is 2.62. The van der Waals surface area contributed by atoms with E-state index < -0.39 is 5.91 Å². The summed E-state index contributed by atoms with van der Waals surface area (Å²) < 4.78 is 1.86. The molecule has 2 rings (SSSR count). The Balaban J connectivity index is 2.53. The van der Waals surface area contributed by atoms with Gasteiger partial charge in [-0.05, 0) is 19.8 Å². The Bertz CT molecular complexity index is 528. The number of nitrogens with two attached hydrogens (primary N) is 2. The van der Waals surface area contributed by atoms with Crippen molar-refractivity contribution in [1.82, 2.24) is 4.57 Å². The standard InChI is InChI=1S/C13H19N3O2/c1-8-11(17)10(13(15)18)7-16(12(8)14)9-5-3-2-4-6-9/h7,9H,2-6,14H2,1H3,(H2,15,18). The SMILES string of the molecule is Cc1c(N)n(C2CCCCC2)cc(C(N)=O)c1=O. The lowest BCUT2D eigenvalue weighted by Crippen LogP contribution is -2.29. The zero-order valence-electron chi connectivity index (χ0n) is 10.6. The van der Waals surface area contributed by atoms with E-state index in [1.807, 2.05) is 4.57 Å². The number of rotatable bonds is 2. The number of hydrogen-bond acceptors (Lipinski definition) is 3. The number of carbonyl (C=O) groups is 1. The van der Waals surface area contributed by atoms with E-state index >= 15 is 0 Å². The van der Waals surface area contributed by atoms with E-state index in [0.717, 1.165) is 25.7 Å². The fraction of sp³-hybridized carbons (Fsp3) is 0.538. The van der Waals surface area contributed by atoms with Gasteiger partial charge in [-0.3, -0.25) is 9.59 Å². The van der Waals surface area contributed by atoms with Gasteiger partial charge in [-0.15, -0.1) is 0 Å². The quantitative estimate of drug-likeness (QED) is 0.828. The second-order valence-corrected chi connectivity index (χ2v) is 4.95. The molecule has 1 heterocycles. The molecular weight excluding hydrogens is 230 g/mol. The van der Waals surface area contributed by atoms with Crippen LogP contribution >= 0.6 is 0 Å². The predicted octanol–water partition coefficient (Wildman–Crippen LogP) is 1.34. The van der Waals surface area contributed by atoms with Crippen molar-refractivity contribution in [2.45, 2.75) is 45.1 Å². The molecule has 4 N–H and O–H groups in total. The highest BCUT2D eigenvalue weighted by Gasteiger charge is 2.20. The van der Waals surface area contributed by atoms with Crippen LogP contribution in [0.1, 0.15) is 54.1 Å². The summed E-state index contributed by atoms with van der Waals surface area (Å²) in [5, 5.41) is 0. The molecule has 5 nitrogen and oxygen atoms in total. The van der Waals surface area contributed by atoms with Gasteiger partial charge in [0, 0.05) is 17.8 Å². The number of nitrogens with zero attached hydrogens (tertiary/aromatic N) is 1. The van der Waals surface area contributed by atoms with E-state index in [4.69, 9.17) is 11.5 Å². The highest BCUT2D eigenvalue weighted by molar-refractivity contribution is 5.92. The van der Waals surface area contributed by atoms with Crippen LogP contribution in [0.15, 0.2) is 11.0 Å². The van der Waals surface area contributed by atoms with E-state index in [1.54, 1.807) is 6.92 Å². The van der Waals surface area contributed by atoms with Gasteiger partial charge in [0.15, 0.2) is 5.43 Å². The van der Waals surface area contributed by atoms with Crippen LogP contribution < -0.4 is 16.9 Å². The molecule has 1 amide bonds. The normalized spacial score (nSPS) is 16.7. The molecule has 0 spiro atoms. The second-order valence-electron chi connectivity index (χ2n) is 4.95. The van der Waals surface area contributed by atoms with Crippen molar-refractivity contribution in [3.05, 3.63) is 27.5 Å². The minimum absolute atomic E-state index is 0.0345. The van der Waals surface area contributed by atoms with Gasteiger partial charge < -0.3 is 16.0 Å². The van der Waals surface area contributed by atoms with E-state index in [2.05, 4.69) is 0 Å². The summed E-state index contributed by atoms with van der Waals surface area (Å²) in [4.78, 5) is 23.2. The average Bonchev–Trinajstić information content (AvgIpc) is 2.37. The Morgan fingerprint density at radius 3 is 2.50 bits per heavy atom. The molecule has 98 valence electrons. The lowest BCUT2D eigenvalue weighted by molar-refractivity contribution is 0.0998. The monoisotopic (exact) mass is 249 g/mol. The number of aromatic nitrogens is 1. The summed E-state index contributed by atoms with van der Waals surface area (Å²) in [5.74, 6) is -0.232. The van der Waals surface area contributed by atoms with E-state index in [1.165, 1.54) is 12.6 Å². The van der Waals surface area contributed by atoms with Crippen molar-refractivity contribution in [3.8, 4) is 0 Å². The average molecular weight is 249 g/mol. The Labute approximate surface area is 106 Å². The molecule has 1 aromatic heterocycles. The van der Waals surface area contributed by atoms with Crippen LogP contribution in [0, 0.1) is 6.92 Å². The van der Waals surface area contributed by atoms with Gasteiger partial charge >= 0.3 is 0 Å². The van der Waals surface area contributed by atoms with Gasteiger partial charge in [0.05, 0.1) is 0 Å². The van der Waals surface area contributed by atoms with Crippen molar-refractivity contribution in [2.24, 2.45) is 5.73 Å². The zero-order chi connectivity index (χ0) is 13.3. The maximum absolute atomic E-state index is 11.9. The largest absolute Gasteiger partial charge is 0.385 e. The van der Waals surface area contributed by atoms with Crippen LogP contribution in [0.4, 0.5) is 5.82 Å². The zero-order valence-corrected chi connectivity index (χ0v) is 10.6. The van der Waals surface area contributed by atoms with Gasteiger partial charge in [0.1, 0.15) is 11.4 Å². The summed E-state index contributed by atoms with van der Waals surface area (Å²) >= 11 is 0. The van der Waals surface area contributed by atoms with Crippen LogP contribution in [0.3, 0.4) is 0 Å². The molecule has 1 aliphatic rings. The van der Waals surface area contributed by atoms with E-state index in [9.17, 15) is 9.59 Å². The molecule has 0 bridgehead atoms. The van der Waals surface area contributed by atoms with Gasteiger partial charge in [-0.1, -0.05) is 19.3 Å². The molecule has 0 radical (unpaired) electrons. The van der Waals surface area contributed by atoms with Gasteiger partial charge in [-0.25, -0.2) is 0 Å². The minimum Gasteiger partial charge on any atom is -0.385 e. The van der Waals surface area contributed by atoms with Crippen molar-refractivity contribution in [2.75, 3.05) is 5.73 Å². The lowest BCUT2D eigenvalue weighted by Gasteiger charge is -2.27. The molecule has 0 saturated heterocycles. The molecule has 1 fully saturated rings. The van der Waals surface area contributed by atoms with Crippen LogP contribution in [-0.4, -0.2) is 10.5 Å². The molecular formula is C13H19N3O2. The fourth-order valence-electron chi connectivity index (χ4n) is 2.62. The highest BCUT2D eigenvalue weighted by atomic mass is 16.2. The number of hydrogen-bond donors (Lipinski definition) is 2. The molecule has 0 atom stereocenters. The maximum Gasteiger partial charge on any atom is 0.254 e. The molecule has 0 aliphatic heterocycles. The Morgan fingerprint density at radius 1 is 1.33 bits per heavy atom. The summed E-state index contributed by atoms with van der Waals surface area (Å²) in [6, 6.07) is 0.274. The predicted molar refractivity (Wildman–Crippen MR) is 70.5 cm³/mol. The number of carbonyl (C=O) groups excluding carboxylic acids is 1. The third-order valence-electron chi connectivity index (χ3n) is 3.75. The van der Waals surface area contributed by atoms with Crippen molar-refractivity contribution < 1.29 is 4.79 Å². The number of nitrogen functional groups attached to an aromatic ring is 1. The number of amides is 1. The first-order chi connectivity index (χ1) is 8.52. The van der Waals surface area contributed by atoms with Crippen molar-refractivity contribution in [3.63, 3.8) is 0 Å². The van der Waals surface area contributed by atoms with Crippen LogP contribution in [0.25, 0.3) is 0 Å². The summed E-state index contributed by atoms with van der Waals surface area (Å²) in [6.07, 6.45) is 7.14. The Morgan fingerprint density at radius 2 is 1.94 bits per heavy atom. The van der Waals surface area contributed by atoms with Crippen LogP contribution in [-0.2, 0) is 0 Å². The molecule has 1 aromatic rings. The Hall–Kier alpha value is -1.78. The first kappa shape index (κ1) is 12.7. The number of primary amides is 1. The third-order valence-corrected chi connectivity index (χ3v) is 3.75. The summed E-state index contributed by atoms with van der Waals surface area (Å²) in [6.45, 7) is 1.64. The smallest absolute Gasteiger partial charge is 0.254 e. The molecule has 0 aromatic carbocycles. The first-order valence-electron chi connectivity index (χ1n) is 6.33. The minimum atomic E-state index is -0.687. The molecule has 1 aliphatic carbocycles. The number of anilines is 1. The van der Waals surface area contributed by atoms with Crippen molar-refractivity contribution >= 4 is 11.7 Å². The van der Waals surface area contributed by atoms with Gasteiger partial charge in [0.25, 0.3) is 5.91 Å². The van der Waals surface area contributed by atoms with Gasteiger partial charge in [0.2, 0.25) is 0 Å². The second kappa shape index (κ2) is 4.84. The molecule has 18 heavy (non-hydrogen) atoms. The van der Waals surface area contributed by atoms with E-state index in [-0.39, 0.29) is 17.0 Å². The summed E-state index contributed by atoms with van der Waals surface area (Å²) in [5.41, 5.74) is 11.3. The Kier molecular flexibility index (Phi) is 3.41. The number of pyridine rings is 1.